The van der Waals surface area contributed by atoms with E-state index in [2.05, 4.69) is 30.4 Å². The molecule has 1 N–H and O–H groups in total. The zero-order chi connectivity index (χ0) is 10.3. The molecule has 0 aromatic heterocycles. The third-order valence-corrected chi connectivity index (χ3v) is 4.13. The quantitative estimate of drug-likeness (QED) is 0.680. The predicted molar refractivity (Wildman–Crippen MR) is 63.0 cm³/mol. The van der Waals surface area contributed by atoms with Crippen LogP contribution in [0.1, 0.15) is 42.0 Å². The maximum absolute atomic E-state index is 3.70. The molecule has 1 fully saturated rings. The highest BCUT2D eigenvalue weighted by Crippen LogP contribution is 2.39. The molecular formula is C14H19N. The third-order valence-electron chi connectivity index (χ3n) is 4.13. The minimum absolute atomic E-state index is 0.655. The number of rotatable bonds is 0. The van der Waals surface area contributed by atoms with Crippen LogP contribution in [0.3, 0.4) is 0 Å². The molecule has 0 spiro atoms. The SMILES string of the molecule is Cc1cccc2c1CCC1CCCNC21. The molecule has 2 unspecified atom stereocenters. The largest absolute Gasteiger partial charge is 0.310 e. The Morgan fingerprint density at radius 2 is 2.20 bits per heavy atom. The maximum Gasteiger partial charge on any atom is 0.0351 e. The van der Waals surface area contributed by atoms with E-state index >= 15 is 0 Å². The fourth-order valence-electron chi connectivity index (χ4n) is 3.32. The van der Waals surface area contributed by atoms with E-state index in [9.17, 15) is 0 Å². The molecule has 0 bridgehead atoms. The van der Waals surface area contributed by atoms with Crippen molar-refractivity contribution in [3.05, 3.63) is 34.9 Å². The summed E-state index contributed by atoms with van der Waals surface area (Å²) in [5, 5.41) is 3.70. The Balaban J connectivity index is 2.03. The molecule has 1 nitrogen and oxygen atoms in total. The molecule has 1 heterocycles. The van der Waals surface area contributed by atoms with Gasteiger partial charge in [-0.3, -0.25) is 0 Å². The van der Waals surface area contributed by atoms with E-state index in [4.69, 9.17) is 0 Å². The molecule has 1 heteroatoms. The van der Waals surface area contributed by atoms with Gasteiger partial charge in [0.05, 0.1) is 0 Å². The van der Waals surface area contributed by atoms with E-state index in [0.717, 1.165) is 5.92 Å². The molecule has 2 aliphatic rings. The van der Waals surface area contributed by atoms with Gasteiger partial charge in [0.2, 0.25) is 0 Å². The summed E-state index contributed by atoms with van der Waals surface area (Å²) in [4.78, 5) is 0. The van der Waals surface area contributed by atoms with E-state index in [-0.39, 0.29) is 0 Å². The lowest BCUT2D eigenvalue weighted by Gasteiger charge is -2.38. The Labute approximate surface area is 91.9 Å². The highest BCUT2D eigenvalue weighted by atomic mass is 14.9. The van der Waals surface area contributed by atoms with Crippen molar-refractivity contribution in [1.82, 2.24) is 5.32 Å². The number of nitrogens with one attached hydrogen (secondary N) is 1. The first-order valence-corrected chi connectivity index (χ1v) is 6.18. The molecule has 0 amide bonds. The molecule has 0 saturated carbocycles. The maximum atomic E-state index is 3.70. The van der Waals surface area contributed by atoms with Gasteiger partial charge in [-0.15, -0.1) is 0 Å². The summed E-state index contributed by atoms with van der Waals surface area (Å²) in [5.41, 5.74) is 4.69. The zero-order valence-electron chi connectivity index (χ0n) is 9.42. The van der Waals surface area contributed by atoms with Gasteiger partial charge in [-0.1, -0.05) is 18.2 Å². The number of hydrogen-bond acceptors (Lipinski definition) is 1. The van der Waals surface area contributed by atoms with Gasteiger partial charge >= 0.3 is 0 Å². The summed E-state index contributed by atoms with van der Waals surface area (Å²) in [6.07, 6.45) is 5.47. The third kappa shape index (κ3) is 1.50. The number of piperidine rings is 1. The van der Waals surface area contributed by atoms with Crippen LogP contribution in [0.15, 0.2) is 18.2 Å². The monoisotopic (exact) mass is 201 g/mol. The minimum atomic E-state index is 0.655. The van der Waals surface area contributed by atoms with Crippen molar-refractivity contribution in [3.8, 4) is 0 Å². The topological polar surface area (TPSA) is 12.0 Å². The Bertz CT molecular complexity index is 370. The van der Waals surface area contributed by atoms with Crippen molar-refractivity contribution in [2.75, 3.05) is 6.54 Å². The summed E-state index contributed by atoms with van der Waals surface area (Å²) in [6.45, 7) is 3.45. The van der Waals surface area contributed by atoms with E-state index in [1.54, 1.807) is 11.1 Å². The number of hydrogen-bond donors (Lipinski definition) is 1. The van der Waals surface area contributed by atoms with Crippen molar-refractivity contribution in [2.24, 2.45) is 5.92 Å². The molecule has 1 aromatic rings. The summed E-state index contributed by atoms with van der Waals surface area (Å²) in [5.74, 6) is 0.896. The lowest BCUT2D eigenvalue weighted by atomic mass is 9.75. The van der Waals surface area contributed by atoms with Crippen LogP contribution in [0.2, 0.25) is 0 Å². The Hall–Kier alpha value is -0.820. The van der Waals surface area contributed by atoms with Crippen molar-refractivity contribution >= 4 is 0 Å². The van der Waals surface area contributed by atoms with Gasteiger partial charge < -0.3 is 5.32 Å². The number of aryl methyl sites for hydroxylation is 1. The van der Waals surface area contributed by atoms with Crippen LogP contribution >= 0.6 is 0 Å². The van der Waals surface area contributed by atoms with E-state index in [1.807, 2.05) is 0 Å². The van der Waals surface area contributed by atoms with Crippen LogP contribution < -0.4 is 5.32 Å². The van der Waals surface area contributed by atoms with Crippen molar-refractivity contribution < 1.29 is 0 Å². The highest BCUT2D eigenvalue weighted by molar-refractivity contribution is 5.39. The standard InChI is InChI=1S/C14H19N/c1-10-4-2-6-13-12(10)8-7-11-5-3-9-15-14(11)13/h2,4,6,11,14-15H,3,5,7-9H2,1H3. The zero-order valence-corrected chi connectivity index (χ0v) is 9.42. The van der Waals surface area contributed by atoms with Gasteiger partial charge in [0.15, 0.2) is 0 Å². The van der Waals surface area contributed by atoms with Crippen LogP contribution in [-0.4, -0.2) is 6.54 Å². The average Bonchev–Trinajstić information content (AvgIpc) is 2.29. The first-order valence-electron chi connectivity index (χ1n) is 6.18. The predicted octanol–water partition coefficient (Wildman–Crippen LogP) is 2.98. The summed E-state index contributed by atoms with van der Waals surface area (Å²) < 4.78 is 0. The number of benzene rings is 1. The van der Waals surface area contributed by atoms with Gasteiger partial charge in [0.25, 0.3) is 0 Å². The molecule has 1 aromatic carbocycles. The molecule has 1 saturated heterocycles. The Kier molecular flexibility index (Phi) is 2.28. The second kappa shape index (κ2) is 3.64. The van der Waals surface area contributed by atoms with Gasteiger partial charge in [-0.2, -0.15) is 0 Å². The van der Waals surface area contributed by atoms with Crippen LogP contribution in [-0.2, 0) is 6.42 Å². The smallest absolute Gasteiger partial charge is 0.0351 e. The van der Waals surface area contributed by atoms with Crippen LogP contribution in [0, 0.1) is 12.8 Å². The second-order valence-electron chi connectivity index (χ2n) is 5.02. The summed E-state index contributed by atoms with van der Waals surface area (Å²) in [6, 6.07) is 7.45. The fourth-order valence-corrected chi connectivity index (χ4v) is 3.32. The van der Waals surface area contributed by atoms with Gasteiger partial charge in [-0.25, -0.2) is 0 Å². The van der Waals surface area contributed by atoms with E-state index in [1.165, 1.54) is 37.8 Å². The Morgan fingerprint density at radius 1 is 1.27 bits per heavy atom. The normalized spacial score (nSPS) is 29.4. The molecule has 1 aliphatic heterocycles. The minimum Gasteiger partial charge on any atom is -0.310 e. The molecule has 3 rings (SSSR count). The first-order chi connectivity index (χ1) is 7.36. The average molecular weight is 201 g/mol. The molecule has 2 atom stereocenters. The lowest BCUT2D eigenvalue weighted by molar-refractivity contribution is 0.254. The summed E-state index contributed by atoms with van der Waals surface area (Å²) in [7, 11) is 0. The van der Waals surface area contributed by atoms with E-state index in [0.29, 0.717) is 6.04 Å². The van der Waals surface area contributed by atoms with Gasteiger partial charge in [0.1, 0.15) is 0 Å². The van der Waals surface area contributed by atoms with Gasteiger partial charge in [-0.05, 0) is 61.8 Å². The fraction of sp³-hybridized carbons (Fsp3) is 0.571. The molecule has 1 aliphatic carbocycles. The van der Waals surface area contributed by atoms with Crippen molar-refractivity contribution in [1.29, 1.82) is 0 Å². The Morgan fingerprint density at radius 3 is 3.13 bits per heavy atom. The number of fused-ring (bicyclic) bond motifs is 3. The second-order valence-corrected chi connectivity index (χ2v) is 5.02. The first kappa shape index (κ1) is 9.41. The van der Waals surface area contributed by atoms with Crippen molar-refractivity contribution in [3.63, 3.8) is 0 Å². The van der Waals surface area contributed by atoms with Crippen molar-refractivity contribution in [2.45, 2.75) is 38.6 Å². The van der Waals surface area contributed by atoms with Gasteiger partial charge in [0, 0.05) is 6.04 Å². The van der Waals surface area contributed by atoms with Crippen LogP contribution in [0.4, 0.5) is 0 Å². The summed E-state index contributed by atoms with van der Waals surface area (Å²) >= 11 is 0. The highest BCUT2D eigenvalue weighted by Gasteiger charge is 2.31. The van der Waals surface area contributed by atoms with E-state index < -0.39 is 0 Å². The molecule has 0 radical (unpaired) electrons. The van der Waals surface area contributed by atoms with Crippen LogP contribution in [0.25, 0.3) is 0 Å². The molecule has 15 heavy (non-hydrogen) atoms. The molecular weight excluding hydrogens is 182 g/mol. The lowest BCUT2D eigenvalue weighted by Crippen LogP contribution is -2.37. The van der Waals surface area contributed by atoms with Crippen LogP contribution in [0.5, 0.6) is 0 Å². The molecule has 80 valence electrons.